The summed E-state index contributed by atoms with van der Waals surface area (Å²) in [6, 6.07) is 0. The highest BCUT2D eigenvalue weighted by Crippen LogP contribution is 2.41. The van der Waals surface area contributed by atoms with Crippen molar-refractivity contribution in [2.45, 2.75) is 58.3 Å². The molecular formula is C14H22N2O3. The first kappa shape index (κ1) is 14.0. The first-order valence-electron chi connectivity index (χ1n) is 7.09. The van der Waals surface area contributed by atoms with E-state index in [0.717, 1.165) is 32.1 Å². The first-order valence-corrected chi connectivity index (χ1v) is 7.09. The van der Waals surface area contributed by atoms with E-state index in [4.69, 9.17) is 9.26 Å². The predicted octanol–water partition coefficient (Wildman–Crippen LogP) is 2.64. The van der Waals surface area contributed by atoms with Crippen LogP contribution in [-0.2, 0) is 21.4 Å². The SMILES string of the molecule is CCOC(=O)C1(c2nc(CC(C)C)no2)CCCC1. The second kappa shape index (κ2) is 5.72. The summed E-state index contributed by atoms with van der Waals surface area (Å²) in [5.74, 6) is 1.37. The number of carbonyl (C=O) groups is 1. The molecule has 5 nitrogen and oxygen atoms in total. The van der Waals surface area contributed by atoms with E-state index in [1.54, 1.807) is 0 Å². The summed E-state index contributed by atoms with van der Waals surface area (Å²) in [6.45, 7) is 6.41. The summed E-state index contributed by atoms with van der Waals surface area (Å²) in [6.07, 6.45) is 4.26. The summed E-state index contributed by atoms with van der Waals surface area (Å²) in [5.41, 5.74) is -0.696. The molecule has 0 radical (unpaired) electrons. The summed E-state index contributed by atoms with van der Waals surface area (Å²) in [7, 11) is 0. The van der Waals surface area contributed by atoms with E-state index in [-0.39, 0.29) is 5.97 Å². The van der Waals surface area contributed by atoms with Gasteiger partial charge in [-0.15, -0.1) is 0 Å². The van der Waals surface area contributed by atoms with Crippen molar-refractivity contribution >= 4 is 5.97 Å². The van der Waals surface area contributed by atoms with E-state index in [2.05, 4.69) is 24.0 Å². The Hall–Kier alpha value is -1.39. The molecule has 1 aliphatic carbocycles. The molecule has 106 valence electrons. The summed E-state index contributed by atoms with van der Waals surface area (Å²) < 4.78 is 10.6. The molecule has 1 aromatic rings. The average molecular weight is 266 g/mol. The molecule has 1 aromatic heterocycles. The zero-order chi connectivity index (χ0) is 13.9. The number of hydrogen-bond acceptors (Lipinski definition) is 5. The molecule has 0 saturated heterocycles. The fraction of sp³-hybridized carbons (Fsp3) is 0.786. The van der Waals surface area contributed by atoms with Crippen LogP contribution >= 0.6 is 0 Å². The molecule has 0 atom stereocenters. The van der Waals surface area contributed by atoms with Crippen LogP contribution < -0.4 is 0 Å². The van der Waals surface area contributed by atoms with E-state index >= 15 is 0 Å². The van der Waals surface area contributed by atoms with Crippen LogP contribution in [0.2, 0.25) is 0 Å². The van der Waals surface area contributed by atoms with E-state index in [1.165, 1.54) is 0 Å². The Labute approximate surface area is 113 Å². The number of rotatable bonds is 5. The third-order valence-electron chi connectivity index (χ3n) is 3.59. The molecule has 0 N–H and O–H groups in total. The van der Waals surface area contributed by atoms with Crippen LogP contribution in [0.3, 0.4) is 0 Å². The molecule has 1 fully saturated rings. The van der Waals surface area contributed by atoms with Crippen molar-refractivity contribution in [2.75, 3.05) is 6.61 Å². The fourth-order valence-corrected chi connectivity index (χ4v) is 2.65. The Morgan fingerprint density at radius 3 is 2.68 bits per heavy atom. The number of carbonyl (C=O) groups excluding carboxylic acids is 1. The molecule has 5 heteroatoms. The fourth-order valence-electron chi connectivity index (χ4n) is 2.65. The third kappa shape index (κ3) is 2.80. The molecule has 1 aliphatic rings. The quantitative estimate of drug-likeness (QED) is 0.766. The minimum atomic E-state index is -0.696. The molecule has 1 heterocycles. The van der Waals surface area contributed by atoms with E-state index < -0.39 is 5.41 Å². The van der Waals surface area contributed by atoms with E-state index in [0.29, 0.717) is 24.2 Å². The molecule has 0 bridgehead atoms. The minimum absolute atomic E-state index is 0.216. The van der Waals surface area contributed by atoms with Gasteiger partial charge in [0.1, 0.15) is 5.41 Å². The molecular weight excluding hydrogens is 244 g/mol. The third-order valence-corrected chi connectivity index (χ3v) is 3.59. The lowest BCUT2D eigenvalue weighted by atomic mass is 9.86. The molecule has 0 unspecified atom stereocenters. The van der Waals surface area contributed by atoms with Crippen molar-refractivity contribution in [3.05, 3.63) is 11.7 Å². The van der Waals surface area contributed by atoms with Crippen LogP contribution in [0.15, 0.2) is 4.52 Å². The van der Waals surface area contributed by atoms with Crippen LogP contribution in [0, 0.1) is 5.92 Å². The van der Waals surface area contributed by atoms with Gasteiger partial charge in [0.05, 0.1) is 6.61 Å². The minimum Gasteiger partial charge on any atom is -0.465 e. The van der Waals surface area contributed by atoms with Crippen molar-refractivity contribution in [3.63, 3.8) is 0 Å². The van der Waals surface area contributed by atoms with E-state index in [1.807, 2.05) is 6.92 Å². The van der Waals surface area contributed by atoms with Gasteiger partial charge in [-0.25, -0.2) is 0 Å². The van der Waals surface area contributed by atoms with Gasteiger partial charge in [-0.3, -0.25) is 4.79 Å². The lowest BCUT2D eigenvalue weighted by molar-refractivity contribution is -0.151. The van der Waals surface area contributed by atoms with Crippen molar-refractivity contribution in [1.29, 1.82) is 0 Å². The van der Waals surface area contributed by atoms with Gasteiger partial charge in [0.15, 0.2) is 5.82 Å². The molecule has 0 aliphatic heterocycles. The van der Waals surface area contributed by atoms with E-state index in [9.17, 15) is 4.79 Å². The summed E-state index contributed by atoms with van der Waals surface area (Å²) >= 11 is 0. The highest BCUT2D eigenvalue weighted by atomic mass is 16.5. The zero-order valence-electron chi connectivity index (χ0n) is 11.9. The Morgan fingerprint density at radius 2 is 2.11 bits per heavy atom. The van der Waals surface area contributed by atoms with Crippen LogP contribution in [0.1, 0.15) is 58.2 Å². The van der Waals surface area contributed by atoms with Crippen molar-refractivity contribution < 1.29 is 14.1 Å². The van der Waals surface area contributed by atoms with Crippen LogP contribution in [0.4, 0.5) is 0 Å². The molecule has 2 rings (SSSR count). The van der Waals surface area contributed by atoms with Crippen LogP contribution in [-0.4, -0.2) is 22.7 Å². The first-order chi connectivity index (χ1) is 9.08. The number of ether oxygens (including phenoxy) is 1. The Balaban J connectivity index is 2.24. The van der Waals surface area contributed by atoms with Crippen molar-refractivity contribution in [1.82, 2.24) is 10.1 Å². The number of nitrogens with zero attached hydrogens (tertiary/aromatic N) is 2. The van der Waals surface area contributed by atoms with Crippen molar-refractivity contribution in [3.8, 4) is 0 Å². The standard InChI is InChI=1S/C14H22N2O3/c1-4-18-13(17)14(7-5-6-8-14)12-15-11(16-19-12)9-10(2)3/h10H,4-9H2,1-3H3. The van der Waals surface area contributed by atoms with Gasteiger partial charge in [-0.1, -0.05) is 31.8 Å². The number of hydrogen-bond donors (Lipinski definition) is 0. The summed E-state index contributed by atoms with van der Waals surface area (Å²) in [5, 5.41) is 3.99. The van der Waals surface area contributed by atoms with Gasteiger partial charge in [0, 0.05) is 6.42 Å². The average Bonchev–Trinajstić information content (AvgIpc) is 2.97. The monoisotopic (exact) mass is 266 g/mol. The lowest BCUT2D eigenvalue weighted by Crippen LogP contribution is -2.35. The Kier molecular flexibility index (Phi) is 4.22. The molecule has 0 aromatic carbocycles. The molecule has 1 saturated carbocycles. The van der Waals surface area contributed by atoms with Gasteiger partial charge in [0.2, 0.25) is 5.89 Å². The van der Waals surface area contributed by atoms with Crippen LogP contribution in [0.25, 0.3) is 0 Å². The maximum absolute atomic E-state index is 12.2. The normalized spacial score (nSPS) is 17.9. The highest BCUT2D eigenvalue weighted by Gasteiger charge is 2.49. The molecule has 19 heavy (non-hydrogen) atoms. The highest BCUT2D eigenvalue weighted by molar-refractivity contribution is 5.82. The maximum Gasteiger partial charge on any atom is 0.321 e. The second-order valence-corrected chi connectivity index (χ2v) is 5.62. The Morgan fingerprint density at radius 1 is 1.42 bits per heavy atom. The Bertz CT molecular complexity index is 434. The van der Waals surface area contributed by atoms with Gasteiger partial charge < -0.3 is 9.26 Å². The van der Waals surface area contributed by atoms with Crippen LogP contribution in [0.5, 0.6) is 0 Å². The van der Waals surface area contributed by atoms with Gasteiger partial charge >= 0.3 is 5.97 Å². The van der Waals surface area contributed by atoms with Crippen molar-refractivity contribution in [2.24, 2.45) is 5.92 Å². The number of aromatic nitrogens is 2. The largest absolute Gasteiger partial charge is 0.465 e. The molecule has 0 spiro atoms. The van der Waals surface area contributed by atoms with Gasteiger partial charge in [-0.2, -0.15) is 4.98 Å². The number of esters is 1. The lowest BCUT2D eigenvalue weighted by Gasteiger charge is -2.21. The smallest absolute Gasteiger partial charge is 0.321 e. The summed E-state index contributed by atoms with van der Waals surface area (Å²) in [4.78, 5) is 16.7. The maximum atomic E-state index is 12.2. The zero-order valence-corrected chi connectivity index (χ0v) is 11.9. The van der Waals surface area contributed by atoms with Gasteiger partial charge in [-0.05, 0) is 25.7 Å². The molecule has 0 amide bonds. The van der Waals surface area contributed by atoms with Gasteiger partial charge in [0.25, 0.3) is 0 Å². The topological polar surface area (TPSA) is 65.2 Å². The predicted molar refractivity (Wildman–Crippen MR) is 69.6 cm³/mol. The second-order valence-electron chi connectivity index (χ2n) is 5.62.